The van der Waals surface area contributed by atoms with Crippen molar-refractivity contribution in [3.63, 3.8) is 0 Å². The van der Waals surface area contributed by atoms with Crippen molar-refractivity contribution in [1.82, 2.24) is 0 Å². The van der Waals surface area contributed by atoms with Gasteiger partial charge in [-0.2, -0.15) is 0 Å². The Hall–Kier alpha value is -1.82. The molecule has 0 aromatic heterocycles. The van der Waals surface area contributed by atoms with Crippen molar-refractivity contribution in [3.8, 4) is 0 Å². The highest BCUT2D eigenvalue weighted by molar-refractivity contribution is 6.33. The first-order chi connectivity index (χ1) is 7.82. The number of nitro groups is 1. The fourth-order valence-electron chi connectivity index (χ4n) is 1.27. The number of benzene rings is 1. The minimum atomic E-state index is -0.578. The SMILES string of the molecule is Cc1cc([N+](=O)[O-])c(Cl)cc1NC(C)C(N)=O. The number of hydrogen-bond acceptors (Lipinski definition) is 4. The normalized spacial score (nSPS) is 11.9. The summed E-state index contributed by atoms with van der Waals surface area (Å²) in [4.78, 5) is 21.0. The molecule has 0 spiro atoms. The number of halogens is 1. The predicted molar refractivity (Wildman–Crippen MR) is 65.1 cm³/mol. The second kappa shape index (κ2) is 5.01. The average Bonchev–Trinajstić information content (AvgIpc) is 2.22. The summed E-state index contributed by atoms with van der Waals surface area (Å²) >= 11 is 5.76. The lowest BCUT2D eigenvalue weighted by Crippen LogP contribution is -2.32. The molecule has 0 bridgehead atoms. The molecular weight excluding hydrogens is 246 g/mol. The van der Waals surface area contributed by atoms with Crippen molar-refractivity contribution >= 4 is 28.9 Å². The zero-order valence-electron chi connectivity index (χ0n) is 9.36. The van der Waals surface area contributed by atoms with E-state index in [0.29, 0.717) is 11.3 Å². The molecule has 0 saturated carbocycles. The molecule has 7 heteroatoms. The van der Waals surface area contributed by atoms with Gasteiger partial charge in [0.2, 0.25) is 5.91 Å². The molecule has 3 N–H and O–H groups in total. The van der Waals surface area contributed by atoms with E-state index in [1.54, 1.807) is 13.8 Å². The summed E-state index contributed by atoms with van der Waals surface area (Å²) in [5.74, 6) is -0.515. The summed E-state index contributed by atoms with van der Waals surface area (Å²) in [6.07, 6.45) is 0. The van der Waals surface area contributed by atoms with Gasteiger partial charge in [-0.05, 0) is 25.5 Å². The number of carbonyl (C=O) groups excluding carboxylic acids is 1. The molecule has 0 fully saturated rings. The van der Waals surface area contributed by atoms with Crippen LogP contribution >= 0.6 is 11.6 Å². The number of carbonyl (C=O) groups is 1. The number of primary amides is 1. The van der Waals surface area contributed by atoms with Crippen LogP contribution in [0.5, 0.6) is 0 Å². The van der Waals surface area contributed by atoms with Crippen molar-refractivity contribution in [3.05, 3.63) is 32.8 Å². The van der Waals surface area contributed by atoms with Crippen LogP contribution in [0.4, 0.5) is 11.4 Å². The molecular formula is C10H12ClN3O3. The van der Waals surface area contributed by atoms with E-state index in [-0.39, 0.29) is 10.7 Å². The number of nitro benzene ring substituents is 1. The maximum Gasteiger partial charge on any atom is 0.288 e. The first kappa shape index (κ1) is 13.2. The van der Waals surface area contributed by atoms with Crippen molar-refractivity contribution < 1.29 is 9.72 Å². The van der Waals surface area contributed by atoms with E-state index in [1.165, 1.54) is 12.1 Å². The van der Waals surface area contributed by atoms with Gasteiger partial charge < -0.3 is 11.1 Å². The number of nitrogens with zero attached hydrogens (tertiary/aromatic N) is 1. The van der Waals surface area contributed by atoms with Crippen LogP contribution in [-0.2, 0) is 4.79 Å². The van der Waals surface area contributed by atoms with Gasteiger partial charge in [0.1, 0.15) is 11.1 Å². The monoisotopic (exact) mass is 257 g/mol. The second-order valence-electron chi connectivity index (χ2n) is 3.64. The van der Waals surface area contributed by atoms with Crippen molar-refractivity contribution in [2.24, 2.45) is 5.73 Å². The van der Waals surface area contributed by atoms with Crippen LogP contribution in [0.2, 0.25) is 5.02 Å². The summed E-state index contributed by atoms with van der Waals surface area (Å²) in [6.45, 7) is 3.27. The Balaban J connectivity index is 3.08. The molecule has 0 saturated heterocycles. The van der Waals surface area contributed by atoms with E-state index < -0.39 is 16.9 Å². The smallest absolute Gasteiger partial charge is 0.288 e. The third-order valence-electron chi connectivity index (χ3n) is 2.29. The quantitative estimate of drug-likeness (QED) is 0.635. The molecule has 92 valence electrons. The van der Waals surface area contributed by atoms with Crippen LogP contribution in [0.1, 0.15) is 12.5 Å². The molecule has 0 heterocycles. The minimum Gasteiger partial charge on any atom is -0.374 e. The molecule has 0 aliphatic heterocycles. The Morgan fingerprint density at radius 1 is 1.59 bits per heavy atom. The van der Waals surface area contributed by atoms with E-state index in [9.17, 15) is 14.9 Å². The van der Waals surface area contributed by atoms with Crippen LogP contribution in [0.3, 0.4) is 0 Å². The molecule has 6 nitrogen and oxygen atoms in total. The fourth-order valence-corrected chi connectivity index (χ4v) is 1.50. The number of nitrogens with one attached hydrogen (secondary N) is 1. The number of aryl methyl sites for hydroxylation is 1. The summed E-state index contributed by atoms with van der Waals surface area (Å²) in [6, 6.07) is 2.18. The molecule has 1 amide bonds. The average molecular weight is 258 g/mol. The number of amides is 1. The second-order valence-corrected chi connectivity index (χ2v) is 4.05. The van der Waals surface area contributed by atoms with Crippen molar-refractivity contribution in [1.29, 1.82) is 0 Å². The van der Waals surface area contributed by atoms with Gasteiger partial charge >= 0.3 is 0 Å². The number of hydrogen-bond donors (Lipinski definition) is 2. The van der Waals surface area contributed by atoms with Crippen LogP contribution in [-0.4, -0.2) is 16.9 Å². The van der Waals surface area contributed by atoms with Gasteiger partial charge in [-0.15, -0.1) is 0 Å². The van der Waals surface area contributed by atoms with Gasteiger partial charge in [-0.25, -0.2) is 0 Å². The maximum atomic E-state index is 10.9. The van der Waals surface area contributed by atoms with Gasteiger partial charge in [-0.3, -0.25) is 14.9 Å². The third-order valence-corrected chi connectivity index (χ3v) is 2.59. The van der Waals surface area contributed by atoms with Crippen molar-refractivity contribution in [2.75, 3.05) is 5.32 Å². The van der Waals surface area contributed by atoms with Gasteiger partial charge in [0.05, 0.1) is 4.92 Å². The van der Waals surface area contributed by atoms with E-state index in [2.05, 4.69) is 5.32 Å². The zero-order chi connectivity index (χ0) is 13.2. The Labute approximate surface area is 103 Å². The highest BCUT2D eigenvalue weighted by atomic mass is 35.5. The first-order valence-electron chi connectivity index (χ1n) is 4.83. The topological polar surface area (TPSA) is 98.3 Å². The molecule has 1 aromatic rings. The fraction of sp³-hybridized carbons (Fsp3) is 0.300. The number of anilines is 1. The standard InChI is InChI=1S/C10H12ClN3O3/c1-5-3-9(14(16)17)7(11)4-8(5)13-6(2)10(12)15/h3-4,6,13H,1-2H3,(H2,12,15). The lowest BCUT2D eigenvalue weighted by Gasteiger charge is -2.14. The van der Waals surface area contributed by atoms with E-state index >= 15 is 0 Å². The highest BCUT2D eigenvalue weighted by Crippen LogP contribution is 2.30. The molecule has 1 unspecified atom stereocenters. The van der Waals surface area contributed by atoms with Crippen LogP contribution < -0.4 is 11.1 Å². The highest BCUT2D eigenvalue weighted by Gasteiger charge is 2.17. The summed E-state index contributed by atoms with van der Waals surface area (Å²) in [5, 5.41) is 13.5. The molecule has 1 rings (SSSR count). The first-order valence-corrected chi connectivity index (χ1v) is 5.21. The molecule has 1 atom stereocenters. The largest absolute Gasteiger partial charge is 0.374 e. The van der Waals surface area contributed by atoms with Crippen molar-refractivity contribution in [2.45, 2.75) is 19.9 Å². The molecule has 17 heavy (non-hydrogen) atoms. The Bertz CT molecular complexity index is 476. The molecule has 0 aliphatic carbocycles. The molecule has 0 aliphatic rings. The molecule has 0 radical (unpaired) electrons. The number of rotatable bonds is 4. The van der Waals surface area contributed by atoms with Gasteiger partial charge in [-0.1, -0.05) is 11.6 Å². The third kappa shape index (κ3) is 3.07. The predicted octanol–water partition coefficient (Wildman–Crippen LogP) is 1.84. The van der Waals surface area contributed by atoms with Gasteiger partial charge in [0.25, 0.3) is 5.69 Å². The van der Waals surface area contributed by atoms with E-state index in [0.717, 1.165) is 0 Å². The van der Waals surface area contributed by atoms with Crippen LogP contribution in [0.15, 0.2) is 12.1 Å². The van der Waals surface area contributed by atoms with Gasteiger partial charge in [0.15, 0.2) is 0 Å². The lowest BCUT2D eigenvalue weighted by atomic mass is 10.1. The van der Waals surface area contributed by atoms with E-state index in [1.807, 2.05) is 0 Å². The Kier molecular flexibility index (Phi) is 3.90. The summed E-state index contributed by atoms with van der Waals surface area (Å²) in [7, 11) is 0. The Morgan fingerprint density at radius 3 is 2.65 bits per heavy atom. The van der Waals surface area contributed by atoms with Crippen LogP contribution in [0, 0.1) is 17.0 Å². The van der Waals surface area contributed by atoms with Gasteiger partial charge in [0, 0.05) is 11.8 Å². The molecule has 1 aromatic carbocycles. The maximum absolute atomic E-state index is 10.9. The number of nitrogens with two attached hydrogens (primary N) is 1. The minimum absolute atomic E-state index is 0.0137. The lowest BCUT2D eigenvalue weighted by molar-refractivity contribution is -0.384. The summed E-state index contributed by atoms with van der Waals surface area (Å²) < 4.78 is 0. The summed E-state index contributed by atoms with van der Waals surface area (Å²) in [5.41, 5.74) is 6.11. The Morgan fingerprint density at radius 2 is 2.18 bits per heavy atom. The zero-order valence-corrected chi connectivity index (χ0v) is 10.1. The van der Waals surface area contributed by atoms with Crippen LogP contribution in [0.25, 0.3) is 0 Å². The van der Waals surface area contributed by atoms with E-state index in [4.69, 9.17) is 17.3 Å².